The van der Waals surface area contributed by atoms with Crippen LogP contribution in [-0.4, -0.2) is 16.2 Å². The molecule has 0 atom stereocenters. The lowest BCUT2D eigenvalue weighted by molar-refractivity contribution is 0.976. The van der Waals surface area contributed by atoms with E-state index in [1.165, 1.54) is 11.8 Å². The smallest absolute Gasteiger partial charge is 0.190 e. The zero-order chi connectivity index (χ0) is 10.7. The second-order valence-electron chi connectivity index (χ2n) is 2.70. The molecule has 2 heterocycles. The molecule has 0 aliphatic carbocycles. The van der Waals surface area contributed by atoms with Crippen LogP contribution >= 0.6 is 34.7 Å². The molecular formula is C9H8ClN3S2. The number of thiophene rings is 1. The summed E-state index contributed by atoms with van der Waals surface area (Å²) in [6.45, 7) is 0. The largest absolute Gasteiger partial charge is 0.339 e. The first-order chi connectivity index (χ1) is 7.28. The number of hydrogen-bond acceptors (Lipinski definition) is 5. The number of nitrogens with one attached hydrogen (secondary N) is 1. The first kappa shape index (κ1) is 10.7. The lowest BCUT2D eigenvalue weighted by Gasteiger charge is -2.04. The molecule has 15 heavy (non-hydrogen) atoms. The van der Waals surface area contributed by atoms with Gasteiger partial charge in [-0.05, 0) is 17.7 Å². The van der Waals surface area contributed by atoms with Gasteiger partial charge in [0.1, 0.15) is 11.0 Å². The van der Waals surface area contributed by atoms with Crippen LogP contribution in [0.5, 0.6) is 0 Å². The van der Waals surface area contributed by atoms with Gasteiger partial charge in [-0.1, -0.05) is 23.4 Å². The summed E-state index contributed by atoms with van der Waals surface area (Å²) in [7, 11) is 0. The number of thioether (sulfide) groups is 1. The molecule has 78 valence electrons. The van der Waals surface area contributed by atoms with Crippen LogP contribution in [0.1, 0.15) is 0 Å². The van der Waals surface area contributed by atoms with Gasteiger partial charge >= 0.3 is 0 Å². The van der Waals surface area contributed by atoms with Gasteiger partial charge in [0.25, 0.3) is 0 Å². The van der Waals surface area contributed by atoms with E-state index in [9.17, 15) is 0 Å². The highest BCUT2D eigenvalue weighted by Crippen LogP contribution is 2.21. The Kier molecular flexibility index (Phi) is 3.45. The van der Waals surface area contributed by atoms with Gasteiger partial charge in [-0.15, -0.1) is 0 Å². The summed E-state index contributed by atoms with van der Waals surface area (Å²) < 4.78 is 0. The first-order valence-electron chi connectivity index (χ1n) is 4.16. The first-order valence-corrected chi connectivity index (χ1v) is 6.70. The Morgan fingerprint density at radius 2 is 2.33 bits per heavy atom. The zero-order valence-electron chi connectivity index (χ0n) is 7.90. The molecule has 0 saturated carbocycles. The fourth-order valence-electron chi connectivity index (χ4n) is 1.04. The lowest BCUT2D eigenvalue weighted by atomic mass is 10.5. The van der Waals surface area contributed by atoms with Crippen molar-refractivity contribution in [1.82, 2.24) is 9.97 Å². The van der Waals surface area contributed by atoms with E-state index in [2.05, 4.69) is 15.3 Å². The molecule has 0 spiro atoms. The van der Waals surface area contributed by atoms with Crippen molar-refractivity contribution in [3.8, 4) is 0 Å². The number of halogens is 1. The Bertz CT molecular complexity index is 445. The summed E-state index contributed by atoms with van der Waals surface area (Å²) in [6.07, 6.45) is 1.92. The van der Waals surface area contributed by atoms with Crippen LogP contribution in [0.4, 0.5) is 11.5 Å². The molecule has 1 N–H and O–H groups in total. The van der Waals surface area contributed by atoms with Gasteiger partial charge in [0.15, 0.2) is 5.16 Å². The standard InChI is InChI=1S/C9H8ClN3S2/c1-14-9-12-7(10)4-8(13-9)11-6-2-3-15-5-6/h2-5H,1H3,(H,11,12,13). The van der Waals surface area contributed by atoms with Crippen molar-refractivity contribution in [2.24, 2.45) is 0 Å². The quantitative estimate of drug-likeness (QED) is 0.517. The third-order valence-electron chi connectivity index (χ3n) is 1.65. The van der Waals surface area contributed by atoms with Crippen molar-refractivity contribution in [2.45, 2.75) is 5.16 Å². The highest BCUT2D eigenvalue weighted by atomic mass is 35.5. The molecule has 0 unspecified atom stereocenters. The highest BCUT2D eigenvalue weighted by Gasteiger charge is 2.02. The normalized spacial score (nSPS) is 10.3. The molecule has 2 aromatic heterocycles. The van der Waals surface area contributed by atoms with Crippen LogP contribution in [-0.2, 0) is 0 Å². The van der Waals surface area contributed by atoms with E-state index in [-0.39, 0.29) is 0 Å². The van der Waals surface area contributed by atoms with E-state index in [0.29, 0.717) is 10.3 Å². The van der Waals surface area contributed by atoms with Crippen LogP contribution in [0.2, 0.25) is 5.15 Å². The van der Waals surface area contributed by atoms with Crippen LogP contribution in [0.25, 0.3) is 0 Å². The maximum atomic E-state index is 5.87. The minimum Gasteiger partial charge on any atom is -0.339 e. The third kappa shape index (κ3) is 2.84. The highest BCUT2D eigenvalue weighted by molar-refractivity contribution is 7.98. The van der Waals surface area contributed by atoms with Crippen molar-refractivity contribution in [1.29, 1.82) is 0 Å². The average Bonchev–Trinajstić information content (AvgIpc) is 2.69. The summed E-state index contributed by atoms with van der Waals surface area (Å²) in [5.74, 6) is 0.720. The predicted octanol–water partition coefficient (Wildman–Crippen LogP) is 3.66. The monoisotopic (exact) mass is 257 g/mol. The summed E-state index contributed by atoms with van der Waals surface area (Å²) in [5, 5.41) is 8.29. The summed E-state index contributed by atoms with van der Waals surface area (Å²) in [5.41, 5.74) is 1.02. The van der Waals surface area contributed by atoms with Crippen molar-refractivity contribution in [3.63, 3.8) is 0 Å². The van der Waals surface area contributed by atoms with E-state index in [0.717, 1.165) is 11.5 Å². The van der Waals surface area contributed by atoms with Gasteiger partial charge in [0.2, 0.25) is 0 Å². The van der Waals surface area contributed by atoms with Crippen LogP contribution in [0.3, 0.4) is 0 Å². The summed E-state index contributed by atoms with van der Waals surface area (Å²) in [6, 6.07) is 3.69. The Labute approximate surface area is 101 Å². The van der Waals surface area contributed by atoms with E-state index in [4.69, 9.17) is 11.6 Å². The minimum absolute atomic E-state index is 0.451. The van der Waals surface area contributed by atoms with E-state index in [1.54, 1.807) is 17.4 Å². The van der Waals surface area contributed by atoms with Crippen LogP contribution in [0, 0.1) is 0 Å². The molecule has 0 radical (unpaired) electrons. The molecule has 2 aromatic rings. The molecule has 3 nitrogen and oxygen atoms in total. The van der Waals surface area contributed by atoms with Crippen molar-refractivity contribution in [3.05, 3.63) is 28.0 Å². The molecule has 0 amide bonds. The Morgan fingerprint density at radius 1 is 1.47 bits per heavy atom. The Balaban J connectivity index is 2.24. The predicted molar refractivity (Wildman–Crippen MR) is 66.4 cm³/mol. The van der Waals surface area contributed by atoms with Gasteiger partial charge in [-0.3, -0.25) is 0 Å². The average molecular weight is 258 g/mol. The second kappa shape index (κ2) is 4.83. The molecule has 0 fully saturated rings. The maximum Gasteiger partial charge on any atom is 0.190 e. The van der Waals surface area contributed by atoms with Crippen molar-refractivity contribution < 1.29 is 0 Å². The minimum atomic E-state index is 0.451. The van der Waals surface area contributed by atoms with E-state index in [1.807, 2.05) is 23.1 Å². The number of hydrogen-bond donors (Lipinski definition) is 1. The maximum absolute atomic E-state index is 5.87. The molecule has 6 heteroatoms. The Morgan fingerprint density at radius 3 is 3.00 bits per heavy atom. The topological polar surface area (TPSA) is 37.8 Å². The van der Waals surface area contributed by atoms with Gasteiger partial charge in [0, 0.05) is 11.4 Å². The molecule has 0 aromatic carbocycles. The second-order valence-corrected chi connectivity index (χ2v) is 4.64. The number of rotatable bonds is 3. The number of anilines is 2. The van der Waals surface area contributed by atoms with Crippen molar-refractivity contribution >= 4 is 46.2 Å². The van der Waals surface area contributed by atoms with Crippen LogP contribution < -0.4 is 5.32 Å². The molecule has 0 aliphatic heterocycles. The fourth-order valence-corrected chi connectivity index (χ4v) is 2.24. The molecule has 0 bridgehead atoms. The molecular weight excluding hydrogens is 250 g/mol. The SMILES string of the molecule is CSc1nc(Cl)cc(Nc2ccsc2)n1. The fraction of sp³-hybridized carbons (Fsp3) is 0.111. The number of aromatic nitrogens is 2. The van der Waals surface area contributed by atoms with Crippen LogP contribution in [0.15, 0.2) is 28.0 Å². The van der Waals surface area contributed by atoms with Gasteiger partial charge in [0.05, 0.1) is 5.69 Å². The third-order valence-corrected chi connectivity index (χ3v) is 3.08. The number of nitrogens with zero attached hydrogens (tertiary/aromatic N) is 2. The Hall–Kier alpha value is -0.780. The lowest BCUT2D eigenvalue weighted by Crippen LogP contribution is -1.95. The van der Waals surface area contributed by atoms with Gasteiger partial charge < -0.3 is 5.32 Å². The summed E-state index contributed by atoms with van der Waals surface area (Å²) >= 11 is 8.96. The van der Waals surface area contributed by atoms with Gasteiger partial charge in [-0.25, -0.2) is 9.97 Å². The van der Waals surface area contributed by atoms with E-state index < -0.39 is 0 Å². The summed E-state index contributed by atoms with van der Waals surface area (Å²) in [4.78, 5) is 8.35. The van der Waals surface area contributed by atoms with E-state index >= 15 is 0 Å². The van der Waals surface area contributed by atoms with Gasteiger partial charge in [-0.2, -0.15) is 11.3 Å². The molecule has 2 rings (SSSR count). The van der Waals surface area contributed by atoms with Crippen molar-refractivity contribution in [2.75, 3.05) is 11.6 Å². The zero-order valence-corrected chi connectivity index (χ0v) is 10.3. The molecule has 0 saturated heterocycles. The molecule has 0 aliphatic rings.